The smallest absolute Gasteiger partial charge is 0.192 e. The van der Waals surface area contributed by atoms with Crippen molar-refractivity contribution in [2.75, 3.05) is 0 Å². The zero-order chi connectivity index (χ0) is 13.6. The third kappa shape index (κ3) is 1.77. The van der Waals surface area contributed by atoms with Crippen molar-refractivity contribution >= 4 is 28.6 Å². The third-order valence-electron chi connectivity index (χ3n) is 3.79. The number of nitrogens with one attached hydrogen (secondary N) is 1. The van der Waals surface area contributed by atoms with E-state index in [2.05, 4.69) is 12.2 Å². The number of carbonyl (C=O) groups is 1. The van der Waals surface area contributed by atoms with Gasteiger partial charge < -0.3 is 5.32 Å². The number of allylic oxidation sites excluding steroid dienone is 3. The minimum atomic E-state index is 0.141. The SMILES string of the molecule is CCC(=S)C1=C(C)NC2=C(C1)C(=O)c1ccccc12. The molecule has 0 fully saturated rings. The molecule has 2 aliphatic rings. The second kappa shape index (κ2) is 4.42. The van der Waals surface area contributed by atoms with Gasteiger partial charge in [0.15, 0.2) is 5.78 Å². The van der Waals surface area contributed by atoms with Crippen molar-refractivity contribution < 1.29 is 4.79 Å². The van der Waals surface area contributed by atoms with Crippen LogP contribution in [0.25, 0.3) is 5.70 Å². The fourth-order valence-corrected chi connectivity index (χ4v) is 2.97. The Bertz CT molecular complexity index is 667. The molecule has 1 N–H and O–H groups in total. The molecule has 0 saturated carbocycles. The predicted molar refractivity (Wildman–Crippen MR) is 81.0 cm³/mol. The van der Waals surface area contributed by atoms with Crippen LogP contribution in [0.15, 0.2) is 41.1 Å². The van der Waals surface area contributed by atoms with Gasteiger partial charge in [-0.15, -0.1) is 0 Å². The third-order valence-corrected chi connectivity index (χ3v) is 4.33. The molecule has 19 heavy (non-hydrogen) atoms. The highest BCUT2D eigenvalue weighted by Gasteiger charge is 2.33. The molecule has 0 unspecified atom stereocenters. The number of hydrogen-bond donors (Lipinski definition) is 1. The maximum absolute atomic E-state index is 12.4. The maximum Gasteiger partial charge on any atom is 0.192 e. The molecule has 0 bridgehead atoms. The fraction of sp³-hybridized carbons (Fsp3) is 0.250. The van der Waals surface area contributed by atoms with Gasteiger partial charge in [0.1, 0.15) is 0 Å². The first-order valence-electron chi connectivity index (χ1n) is 6.50. The van der Waals surface area contributed by atoms with Crippen LogP contribution in [-0.2, 0) is 0 Å². The Morgan fingerprint density at radius 1 is 1.32 bits per heavy atom. The van der Waals surface area contributed by atoms with Crippen LogP contribution in [0.5, 0.6) is 0 Å². The Morgan fingerprint density at radius 3 is 2.68 bits per heavy atom. The first-order chi connectivity index (χ1) is 9.13. The number of Topliss-reactive ketones (excluding diaryl/α,β-unsaturated/α-hetero) is 1. The molecule has 0 saturated heterocycles. The Morgan fingerprint density at radius 2 is 2.00 bits per heavy atom. The van der Waals surface area contributed by atoms with Crippen molar-refractivity contribution in [1.82, 2.24) is 5.32 Å². The Labute approximate surface area is 118 Å². The zero-order valence-corrected chi connectivity index (χ0v) is 11.9. The van der Waals surface area contributed by atoms with E-state index >= 15 is 0 Å². The molecular formula is C16H15NOS. The molecular weight excluding hydrogens is 254 g/mol. The lowest BCUT2D eigenvalue weighted by Gasteiger charge is -2.22. The summed E-state index contributed by atoms with van der Waals surface area (Å²) >= 11 is 5.41. The number of carbonyl (C=O) groups excluding carboxylic acids is 1. The van der Waals surface area contributed by atoms with E-state index < -0.39 is 0 Å². The average Bonchev–Trinajstić information content (AvgIpc) is 2.71. The maximum atomic E-state index is 12.4. The second-order valence-electron chi connectivity index (χ2n) is 4.91. The summed E-state index contributed by atoms with van der Waals surface area (Å²) in [6, 6.07) is 7.77. The van der Waals surface area contributed by atoms with Gasteiger partial charge in [0.05, 0.1) is 5.70 Å². The summed E-state index contributed by atoms with van der Waals surface area (Å²) in [6.07, 6.45) is 1.50. The normalized spacial score (nSPS) is 17.3. The Hall–Kier alpha value is -1.74. The number of thiocarbonyl (C=S) groups is 1. The molecule has 3 rings (SSSR count). The molecule has 1 heterocycles. The summed E-state index contributed by atoms with van der Waals surface area (Å²) in [4.78, 5) is 13.4. The van der Waals surface area contributed by atoms with Crippen LogP contribution in [0, 0.1) is 0 Å². The molecule has 96 valence electrons. The van der Waals surface area contributed by atoms with E-state index in [0.29, 0.717) is 6.42 Å². The molecule has 0 spiro atoms. The first-order valence-corrected chi connectivity index (χ1v) is 6.91. The summed E-state index contributed by atoms with van der Waals surface area (Å²) in [5.41, 5.74) is 5.84. The van der Waals surface area contributed by atoms with Gasteiger partial charge in [-0.05, 0) is 18.9 Å². The highest BCUT2D eigenvalue weighted by atomic mass is 32.1. The van der Waals surface area contributed by atoms with Gasteiger partial charge in [0.25, 0.3) is 0 Å². The van der Waals surface area contributed by atoms with Gasteiger partial charge in [0.2, 0.25) is 0 Å². The van der Waals surface area contributed by atoms with Crippen molar-refractivity contribution in [2.24, 2.45) is 0 Å². The molecule has 1 aliphatic heterocycles. The summed E-state index contributed by atoms with van der Waals surface area (Å²) in [6.45, 7) is 4.09. The van der Waals surface area contributed by atoms with E-state index in [9.17, 15) is 4.79 Å². The lowest BCUT2D eigenvalue weighted by molar-refractivity contribution is 0.103. The van der Waals surface area contributed by atoms with E-state index in [1.165, 1.54) is 0 Å². The lowest BCUT2D eigenvalue weighted by Crippen LogP contribution is -2.21. The molecule has 2 nitrogen and oxygen atoms in total. The van der Waals surface area contributed by atoms with Crippen molar-refractivity contribution in [2.45, 2.75) is 26.7 Å². The number of ketones is 1. The molecule has 1 aromatic rings. The van der Waals surface area contributed by atoms with Gasteiger partial charge in [-0.25, -0.2) is 0 Å². The van der Waals surface area contributed by atoms with E-state index in [1.54, 1.807) is 0 Å². The molecule has 0 atom stereocenters. The molecule has 1 aliphatic carbocycles. The van der Waals surface area contributed by atoms with Crippen LogP contribution in [0.1, 0.15) is 42.6 Å². The molecule has 0 radical (unpaired) electrons. The van der Waals surface area contributed by atoms with Gasteiger partial charge in [-0.2, -0.15) is 0 Å². The van der Waals surface area contributed by atoms with Crippen molar-refractivity contribution in [3.63, 3.8) is 0 Å². The number of benzene rings is 1. The monoisotopic (exact) mass is 269 g/mol. The quantitative estimate of drug-likeness (QED) is 0.831. The van der Waals surface area contributed by atoms with Crippen molar-refractivity contribution in [3.05, 3.63) is 52.2 Å². The van der Waals surface area contributed by atoms with Crippen LogP contribution in [0.3, 0.4) is 0 Å². The largest absolute Gasteiger partial charge is 0.358 e. The van der Waals surface area contributed by atoms with Crippen molar-refractivity contribution in [3.8, 4) is 0 Å². The van der Waals surface area contributed by atoms with E-state index in [4.69, 9.17) is 12.2 Å². The first kappa shape index (κ1) is 12.3. The molecule has 1 aromatic carbocycles. The van der Waals surface area contributed by atoms with Crippen LogP contribution < -0.4 is 5.32 Å². The standard InChI is InChI=1S/C16H15NOS/c1-3-14(19)12-8-13-15(17-9(12)2)10-6-4-5-7-11(10)16(13)18/h4-7,17H,3,8H2,1-2H3. The summed E-state index contributed by atoms with van der Waals surface area (Å²) in [5.74, 6) is 0.141. The average molecular weight is 269 g/mol. The van der Waals surface area contributed by atoms with Crippen LogP contribution in [0.4, 0.5) is 0 Å². The van der Waals surface area contributed by atoms with Gasteiger partial charge in [-0.3, -0.25) is 4.79 Å². The van der Waals surface area contributed by atoms with E-state index in [1.807, 2.05) is 31.2 Å². The number of fused-ring (bicyclic) bond motifs is 2. The zero-order valence-electron chi connectivity index (χ0n) is 11.0. The summed E-state index contributed by atoms with van der Waals surface area (Å²) < 4.78 is 0. The van der Waals surface area contributed by atoms with Crippen molar-refractivity contribution in [1.29, 1.82) is 0 Å². The van der Waals surface area contributed by atoms with Crippen LogP contribution in [-0.4, -0.2) is 10.6 Å². The van der Waals surface area contributed by atoms with E-state index in [0.717, 1.165) is 45.0 Å². The fourth-order valence-electron chi connectivity index (χ4n) is 2.74. The van der Waals surface area contributed by atoms with Gasteiger partial charge >= 0.3 is 0 Å². The topological polar surface area (TPSA) is 29.1 Å². The summed E-state index contributed by atoms with van der Waals surface area (Å²) in [5, 5.41) is 3.38. The highest BCUT2D eigenvalue weighted by Crippen LogP contribution is 2.38. The number of rotatable bonds is 2. The number of dihydropyridines is 1. The highest BCUT2D eigenvalue weighted by molar-refractivity contribution is 7.80. The predicted octanol–water partition coefficient (Wildman–Crippen LogP) is 3.64. The van der Waals surface area contributed by atoms with Crippen LogP contribution in [0.2, 0.25) is 0 Å². The molecule has 0 aromatic heterocycles. The summed E-state index contributed by atoms with van der Waals surface area (Å²) in [7, 11) is 0. The lowest BCUT2D eigenvalue weighted by atomic mass is 9.94. The Kier molecular flexibility index (Phi) is 2.86. The Balaban J connectivity index is 2.05. The molecule has 0 amide bonds. The second-order valence-corrected chi connectivity index (χ2v) is 5.40. The van der Waals surface area contributed by atoms with E-state index in [-0.39, 0.29) is 5.78 Å². The van der Waals surface area contributed by atoms with Crippen LogP contribution >= 0.6 is 12.2 Å². The van der Waals surface area contributed by atoms with Gasteiger partial charge in [-0.1, -0.05) is 43.4 Å². The minimum Gasteiger partial charge on any atom is -0.358 e. The van der Waals surface area contributed by atoms with Gasteiger partial charge in [0, 0.05) is 33.7 Å². The molecule has 3 heteroatoms. The number of hydrogen-bond acceptors (Lipinski definition) is 3. The minimum absolute atomic E-state index is 0.141.